The molecule has 2 rings (SSSR count). The molecule has 0 saturated heterocycles. The van der Waals surface area contributed by atoms with Crippen LogP contribution in [0.2, 0.25) is 5.02 Å². The largest absolute Gasteiger partial charge is 0.316 e. The summed E-state index contributed by atoms with van der Waals surface area (Å²) in [5.41, 5.74) is 3.74. The third-order valence-electron chi connectivity index (χ3n) is 2.65. The van der Waals surface area contributed by atoms with E-state index in [-0.39, 0.29) is 0 Å². The van der Waals surface area contributed by atoms with E-state index in [0.29, 0.717) is 0 Å². The Labute approximate surface area is 107 Å². The fraction of sp³-hybridized carbons (Fsp3) is 0.214. The van der Waals surface area contributed by atoms with E-state index < -0.39 is 0 Å². The molecule has 88 valence electrons. The van der Waals surface area contributed by atoms with Crippen molar-refractivity contribution in [3.8, 4) is 0 Å². The molecular weight excluding hydrogens is 232 g/mol. The van der Waals surface area contributed by atoms with Crippen LogP contribution in [-0.2, 0) is 13.0 Å². The van der Waals surface area contributed by atoms with Crippen LogP contribution in [0.5, 0.6) is 0 Å². The van der Waals surface area contributed by atoms with Crippen LogP contribution >= 0.6 is 11.6 Å². The van der Waals surface area contributed by atoms with Crippen LogP contribution < -0.4 is 5.32 Å². The fourth-order valence-corrected chi connectivity index (χ4v) is 2.04. The first-order valence-electron chi connectivity index (χ1n) is 5.60. The van der Waals surface area contributed by atoms with Crippen molar-refractivity contribution in [2.75, 3.05) is 7.05 Å². The summed E-state index contributed by atoms with van der Waals surface area (Å²) in [7, 11) is 1.94. The molecule has 1 heterocycles. The van der Waals surface area contributed by atoms with Gasteiger partial charge in [0.1, 0.15) is 0 Å². The van der Waals surface area contributed by atoms with Gasteiger partial charge in [0, 0.05) is 24.0 Å². The normalized spacial score (nSPS) is 10.5. The molecule has 0 amide bonds. The SMILES string of the molecule is CNCc1cc(Cl)ccc1Cc1cccnc1. The van der Waals surface area contributed by atoms with E-state index in [4.69, 9.17) is 11.6 Å². The summed E-state index contributed by atoms with van der Waals surface area (Å²) >= 11 is 6.02. The van der Waals surface area contributed by atoms with Crippen molar-refractivity contribution < 1.29 is 0 Å². The standard InChI is InChI=1S/C14H15ClN2/c1-16-10-13-8-14(15)5-4-12(13)7-11-3-2-6-17-9-11/h2-6,8-9,16H,7,10H2,1H3. The summed E-state index contributed by atoms with van der Waals surface area (Å²) in [4.78, 5) is 4.13. The third kappa shape index (κ3) is 3.29. The molecule has 1 aromatic carbocycles. The maximum absolute atomic E-state index is 6.02. The number of pyridine rings is 1. The summed E-state index contributed by atoms with van der Waals surface area (Å²) in [6.45, 7) is 0.830. The summed E-state index contributed by atoms with van der Waals surface area (Å²) in [6, 6.07) is 10.1. The highest BCUT2D eigenvalue weighted by molar-refractivity contribution is 6.30. The Morgan fingerprint density at radius 2 is 2.12 bits per heavy atom. The van der Waals surface area contributed by atoms with Crippen LogP contribution in [0.15, 0.2) is 42.7 Å². The molecule has 0 fully saturated rings. The predicted octanol–water partition coefficient (Wildman–Crippen LogP) is 3.05. The van der Waals surface area contributed by atoms with Crippen molar-refractivity contribution in [3.05, 3.63) is 64.4 Å². The smallest absolute Gasteiger partial charge is 0.0409 e. The number of hydrogen-bond donors (Lipinski definition) is 1. The molecule has 17 heavy (non-hydrogen) atoms. The molecule has 0 saturated carbocycles. The fourth-order valence-electron chi connectivity index (χ4n) is 1.84. The lowest BCUT2D eigenvalue weighted by atomic mass is 10.0. The van der Waals surface area contributed by atoms with Crippen molar-refractivity contribution in [3.63, 3.8) is 0 Å². The first-order chi connectivity index (χ1) is 8.29. The van der Waals surface area contributed by atoms with Crippen LogP contribution in [0, 0.1) is 0 Å². The Bertz CT molecular complexity index is 483. The second kappa shape index (κ2) is 5.80. The number of rotatable bonds is 4. The first-order valence-corrected chi connectivity index (χ1v) is 5.98. The zero-order valence-electron chi connectivity index (χ0n) is 9.78. The van der Waals surface area contributed by atoms with Crippen LogP contribution in [0.25, 0.3) is 0 Å². The zero-order valence-corrected chi connectivity index (χ0v) is 10.5. The molecule has 0 radical (unpaired) electrons. The Kier molecular flexibility index (Phi) is 4.13. The minimum absolute atomic E-state index is 0.783. The number of aromatic nitrogens is 1. The number of nitrogens with zero attached hydrogens (tertiary/aromatic N) is 1. The van der Waals surface area contributed by atoms with E-state index in [1.54, 1.807) is 6.20 Å². The average molecular weight is 247 g/mol. The maximum atomic E-state index is 6.02. The summed E-state index contributed by atoms with van der Waals surface area (Å²) in [5.74, 6) is 0. The monoisotopic (exact) mass is 246 g/mol. The summed E-state index contributed by atoms with van der Waals surface area (Å²) in [6.07, 6.45) is 4.58. The quantitative estimate of drug-likeness (QED) is 0.897. The molecular formula is C14H15ClN2. The van der Waals surface area contributed by atoms with E-state index in [1.165, 1.54) is 16.7 Å². The van der Waals surface area contributed by atoms with Gasteiger partial charge in [0.2, 0.25) is 0 Å². The van der Waals surface area contributed by atoms with Gasteiger partial charge in [-0.1, -0.05) is 23.7 Å². The molecule has 0 aliphatic carbocycles. The highest BCUT2D eigenvalue weighted by Gasteiger charge is 2.04. The lowest BCUT2D eigenvalue weighted by Gasteiger charge is -2.09. The maximum Gasteiger partial charge on any atom is 0.0409 e. The van der Waals surface area contributed by atoms with E-state index in [9.17, 15) is 0 Å². The van der Waals surface area contributed by atoms with Crippen LogP contribution in [-0.4, -0.2) is 12.0 Å². The number of benzene rings is 1. The number of hydrogen-bond acceptors (Lipinski definition) is 2. The van der Waals surface area contributed by atoms with Gasteiger partial charge in [-0.2, -0.15) is 0 Å². The molecule has 0 atom stereocenters. The van der Waals surface area contributed by atoms with Crippen molar-refractivity contribution in [1.82, 2.24) is 10.3 Å². The highest BCUT2D eigenvalue weighted by Crippen LogP contribution is 2.18. The van der Waals surface area contributed by atoms with Crippen molar-refractivity contribution in [2.45, 2.75) is 13.0 Å². The average Bonchev–Trinajstić information content (AvgIpc) is 2.34. The minimum atomic E-state index is 0.783. The lowest BCUT2D eigenvalue weighted by Crippen LogP contribution is -2.08. The first kappa shape index (κ1) is 12.1. The van der Waals surface area contributed by atoms with Gasteiger partial charge in [-0.3, -0.25) is 4.98 Å². The molecule has 0 unspecified atom stereocenters. The van der Waals surface area contributed by atoms with E-state index in [1.807, 2.05) is 31.4 Å². The van der Waals surface area contributed by atoms with Crippen molar-refractivity contribution in [1.29, 1.82) is 0 Å². The molecule has 0 aliphatic rings. The molecule has 0 bridgehead atoms. The van der Waals surface area contributed by atoms with Gasteiger partial charge in [0.25, 0.3) is 0 Å². The molecule has 0 spiro atoms. The van der Waals surface area contributed by atoms with Crippen LogP contribution in [0.4, 0.5) is 0 Å². The van der Waals surface area contributed by atoms with Gasteiger partial charge in [0.15, 0.2) is 0 Å². The van der Waals surface area contributed by atoms with E-state index in [0.717, 1.165) is 18.0 Å². The van der Waals surface area contributed by atoms with Crippen molar-refractivity contribution >= 4 is 11.6 Å². The van der Waals surface area contributed by atoms with Gasteiger partial charge < -0.3 is 5.32 Å². The van der Waals surface area contributed by atoms with Gasteiger partial charge >= 0.3 is 0 Å². The molecule has 2 aromatic rings. The van der Waals surface area contributed by atoms with Crippen LogP contribution in [0.3, 0.4) is 0 Å². The Hall–Kier alpha value is -1.38. The van der Waals surface area contributed by atoms with Gasteiger partial charge in [-0.25, -0.2) is 0 Å². The molecule has 1 aromatic heterocycles. The number of nitrogens with one attached hydrogen (secondary N) is 1. The second-order valence-electron chi connectivity index (χ2n) is 3.98. The Balaban J connectivity index is 2.26. The predicted molar refractivity (Wildman–Crippen MR) is 71.3 cm³/mol. The van der Waals surface area contributed by atoms with Crippen molar-refractivity contribution in [2.24, 2.45) is 0 Å². The molecule has 1 N–H and O–H groups in total. The highest BCUT2D eigenvalue weighted by atomic mass is 35.5. The van der Waals surface area contributed by atoms with E-state index in [2.05, 4.69) is 22.4 Å². The minimum Gasteiger partial charge on any atom is -0.316 e. The third-order valence-corrected chi connectivity index (χ3v) is 2.89. The van der Waals surface area contributed by atoms with Gasteiger partial charge in [0.05, 0.1) is 0 Å². The lowest BCUT2D eigenvalue weighted by molar-refractivity contribution is 0.807. The van der Waals surface area contributed by atoms with E-state index >= 15 is 0 Å². The number of halogens is 1. The summed E-state index contributed by atoms with van der Waals surface area (Å²) < 4.78 is 0. The van der Waals surface area contributed by atoms with Crippen LogP contribution in [0.1, 0.15) is 16.7 Å². The Morgan fingerprint density at radius 1 is 1.24 bits per heavy atom. The Morgan fingerprint density at radius 3 is 2.82 bits per heavy atom. The second-order valence-corrected chi connectivity index (χ2v) is 4.42. The van der Waals surface area contributed by atoms with Gasteiger partial charge in [-0.05, 0) is 48.4 Å². The summed E-state index contributed by atoms with van der Waals surface area (Å²) in [5, 5.41) is 3.95. The zero-order chi connectivity index (χ0) is 12.1. The van der Waals surface area contributed by atoms with Gasteiger partial charge in [-0.15, -0.1) is 0 Å². The molecule has 2 nitrogen and oxygen atoms in total. The molecule has 3 heteroatoms. The molecule has 0 aliphatic heterocycles. The topological polar surface area (TPSA) is 24.9 Å².